The zero-order valence-corrected chi connectivity index (χ0v) is 12.4. The largest absolute Gasteiger partial charge is 0.484 e. The van der Waals surface area contributed by atoms with Crippen LogP contribution in [-0.2, 0) is 6.18 Å². The molecule has 1 amide bonds. The van der Waals surface area contributed by atoms with Crippen LogP contribution in [0.5, 0.6) is 5.75 Å². The van der Waals surface area contributed by atoms with Crippen LogP contribution in [0.1, 0.15) is 15.9 Å². The molecule has 0 saturated heterocycles. The summed E-state index contributed by atoms with van der Waals surface area (Å²) in [6.07, 6.45) is -9.57. The number of hydrogen-bond acceptors (Lipinski definition) is 2. The topological polar surface area (TPSA) is 38.3 Å². The number of carbonyl (C=O) groups excluding carboxylic acids is 1. The summed E-state index contributed by atoms with van der Waals surface area (Å²) in [5.74, 6) is -1.39. The van der Waals surface area contributed by atoms with E-state index >= 15 is 0 Å². The summed E-state index contributed by atoms with van der Waals surface area (Å²) in [6, 6.07) is 9.68. The summed E-state index contributed by atoms with van der Waals surface area (Å²) in [5.41, 5.74) is -1.76. The Labute approximate surface area is 138 Å². The van der Waals surface area contributed by atoms with Gasteiger partial charge in [-0.2, -0.15) is 26.3 Å². The number of benzene rings is 2. The molecule has 2 rings (SSSR count). The van der Waals surface area contributed by atoms with Crippen molar-refractivity contribution in [2.75, 3.05) is 11.9 Å². The molecule has 2 aromatic rings. The number of alkyl halides is 6. The molecule has 0 aliphatic rings. The van der Waals surface area contributed by atoms with Crippen LogP contribution in [0.2, 0.25) is 0 Å². The van der Waals surface area contributed by atoms with Crippen molar-refractivity contribution < 1.29 is 35.9 Å². The van der Waals surface area contributed by atoms with E-state index in [1.807, 2.05) is 0 Å². The Kier molecular flexibility index (Phi) is 5.24. The number of amides is 1. The third kappa shape index (κ3) is 5.40. The highest BCUT2D eigenvalue weighted by Crippen LogP contribution is 2.37. The van der Waals surface area contributed by atoms with Gasteiger partial charge in [0, 0.05) is 5.56 Å². The summed E-state index contributed by atoms with van der Waals surface area (Å²) in [6.45, 7) is -1.72. The first-order valence-electron chi connectivity index (χ1n) is 6.83. The highest BCUT2D eigenvalue weighted by molar-refractivity contribution is 6.04. The van der Waals surface area contributed by atoms with Crippen LogP contribution >= 0.6 is 0 Å². The molecule has 0 aromatic heterocycles. The average molecular weight is 363 g/mol. The van der Waals surface area contributed by atoms with E-state index in [9.17, 15) is 31.1 Å². The predicted molar refractivity (Wildman–Crippen MR) is 77.4 cm³/mol. The van der Waals surface area contributed by atoms with Crippen LogP contribution in [0.25, 0.3) is 0 Å². The van der Waals surface area contributed by atoms with E-state index < -0.39 is 41.9 Å². The summed E-state index contributed by atoms with van der Waals surface area (Å²) in [5, 5.41) is 2.10. The van der Waals surface area contributed by atoms with E-state index in [1.165, 1.54) is 24.3 Å². The Bertz CT molecular complexity index is 741. The molecule has 134 valence electrons. The number of carbonyl (C=O) groups is 1. The summed E-state index contributed by atoms with van der Waals surface area (Å²) in [7, 11) is 0. The van der Waals surface area contributed by atoms with Gasteiger partial charge in [0.05, 0.1) is 11.3 Å². The van der Waals surface area contributed by atoms with Crippen LogP contribution in [0, 0.1) is 0 Å². The predicted octanol–water partition coefficient (Wildman–Crippen LogP) is 4.90. The molecular formula is C16H11F6NO2. The molecular weight excluding hydrogens is 352 g/mol. The van der Waals surface area contributed by atoms with Crippen LogP contribution in [0.15, 0.2) is 48.5 Å². The summed E-state index contributed by atoms with van der Waals surface area (Å²) < 4.78 is 80.0. The second-order valence-corrected chi connectivity index (χ2v) is 4.93. The molecule has 0 atom stereocenters. The van der Waals surface area contributed by atoms with Gasteiger partial charge in [-0.3, -0.25) is 4.79 Å². The molecule has 0 saturated carbocycles. The number of halogens is 6. The number of anilines is 1. The summed E-state index contributed by atoms with van der Waals surface area (Å²) >= 11 is 0. The fraction of sp³-hybridized carbons (Fsp3) is 0.188. The molecule has 1 N–H and O–H groups in total. The first-order valence-corrected chi connectivity index (χ1v) is 6.83. The maximum absolute atomic E-state index is 13.1. The van der Waals surface area contributed by atoms with Crippen molar-refractivity contribution in [3.8, 4) is 5.75 Å². The van der Waals surface area contributed by atoms with E-state index in [4.69, 9.17) is 0 Å². The van der Waals surface area contributed by atoms with Crippen LogP contribution in [-0.4, -0.2) is 18.7 Å². The molecule has 0 bridgehead atoms. The SMILES string of the molecule is O=C(Nc1ccc(OCC(F)(F)F)cc1C(F)(F)F)c1ccccc1. The van der Waals surface area contributed by atoms with Gasteiger partial charge < -0.3 is 10.1 Å². The first kappa shape index (κ1) is 18.6. The minimum Gasteiger partial charge on any atom is -0.484 e. The molecule has 0 unspecified atom stereocenters. The van der Waals surface area contributed by atoms with Gasteiger partial charge in [0.1, 0.15) is 5.75 Å². The molecule has 3 nitrogen and oxygen atoms in total. The summed E-state index contributed by atoms with van der Waals surface area (Å²) in [4.78, 5) is 12.0. The molecule has 9 heteroatoms. The van der Waals surface area contributed by atoms with E-state index in [0.717, 1.165) is 12.1 Å². The lowest BCUT2D eigenvalue weighted by Crippen LogP contribution is -2.20. The zero-order valence-electron chi connectivity index (χ0n) is 12.4. The van der Waals surface area contributed by atoms with Gasteiger partial charge >= 0.3 is 12.4 Å². The normalized spacial score (nSPS) is 11.9. The minimum absolute atomic E-state index is 0.132. The van der Waals surface area contributed by atoms with Crippen molar-refractivity contribution >= 4 is 11.6 Å². The Morgan fingerprint density at radius 3 is 2.16 bits per heavy atom. The smallest absolute Gasteiger partial charge is 0.422 e. The van der Waals surface area contributed by atoms with E-state index in [0.29, 0.717) is 6.07 Å². The lowest BCUT2D eigenvalue weighted by Gasteiger charge is -2.16. The monoisotopic (exact) mass is 363 g/mol. The van der Waals surface area contributed by atoms with Crippen LogP contribution < -0.4 is 10.1 Å². The zero-order chi connectivity index (χ0) is 18.7. The molecule has 0 heterocycles. The highest BCUT2D eigenvalue weighted by atomic mass is 19.4. The van der Waals surface area contributed by atoms with E-state index in [1.54, 1.807) is 6.07 Å². The lowest BCUT2D eigenvalue weighted by molar-refractivity contribution is -0.153. The van der Waals surface area contributed by atoms with Crippen molar-refractivity contribution in [2.24, 2.45) is 0 Å². The molecule has 0 spiro atoms. The van der Waals surface area contributed by atoms with Gasteiger partial charge in [-0.1, -0.05) is 18.2 Å². The second-order valence-electron chi connectivity index (χ2n) is 4.93. The van der Waals surface area contributed by atoms with Gasteiger partial charge in [-0.25, -0.2) is 0 Å². The third-order valence-corrected chi connectivity index (χ3v) is 2.98. The van der Waals surface area contributed by atoms with Gasteiger partial charge in [0.15, 0.2) is 6.61 Å². The average Bonchev–Trinajstić information content (AvgIpc) is 2.53. The van der Waals surface area contributed by atoms with Crippen molar-refractivity contribution in [1.82, 2.24) is 0 Å². The molecule has 0 radical (unpaired) electrons. The van der Waals surface area contributed by atoms with Crippen LogP contribution in [0.3, 0.4) is 0 Å². The van der Waals surface area contributed by atoms with Gasteiger partial charge in [-0.05, 0) is 30.3 Å². The van der Waals surface area contributed by atoms with Gasteiger partial charge in [0.25, 0.3) is 5.91 Å². The third-order valence-electron chi connectivity index (χ3n) is 2.98. The quantitative estimate of drug-likeness (QED) is 0.785. The molecule has 25 heavy (non-hydrogen) atoms. The van der Waals surface area contributed by atoms with E-state index in [-0.39, 0.29) is 5.56 Å². The Balaban J connectivity index is 2.27. The minimum atomic E-state index is -4.89. The van der Waals surface area contributed by atoms with E-state index in [2.05, 4.69) is 10.1 Å². The standard InChI is InChI=1S/C16H11F6NO2/c17-15(18,19)9-25-11-6-7-13(12(8-11)16(20,21)22)23-14(24)10-4-2-1-3-5-10/h1-8H,9H2,(H,23,24). The maximum atomic E-state index is 13.1. The van der Waals surface area contributed by atoms with Crippen molar-refractivity contribution in [1.29, 1.82) is 0 Å². The van der Waals surface area contributed by atoms with Gasteiger partial charge in [0.2, 0.25) is 0 Å². The molecule has 0 aliphatic heterocycles. The van der Waals surface area contributed by atoms with Crippen molar-refractivity contribution in [2.45, 2.75) is 12.4 Å². The molecule has 0 aliphatic carbocycles. The number of rotatable bonds is 4. The fourth-order valence-electron chi connectivity index (χ4n) is 1.91. The Morgan fingerprint density at radius 1 is 0.960 bits per heavy atom. The van der Waals surface area contributed by atoms with Crippen molar-refractivity contribution in [3.05, 3.63) is 59.7 Å². The number of hydrogen-bond donors (Lipinski definition) is 1. The Morgan fingerprint density at radius 2 is 1.60 bits per heavy atom. The maximum Gasteiger partial charge on any atom is 0.422 e. The highest BCUT2D eigenvalue weighted by Gasteiger charge is 2.35. The second kappa shape index (κ2) is 7.04. The molecule has 2 aromatic carbocycles. The fourth-order valence-corrected chi connectivity index (χ4v) is 1.91. The Hall–Kier alpha value is -2.71. The first-order chi connectivity index (χ1) is 11.6. The van der Waals surface area contributed by atoms with Crippen LogP contribution in [0.4, 0.5) is 32.0 Å². The van der Waals surface area contributed by atoms with Gasteiger partial charge in [-0.15, -0.1) is 0 Å². The molecule has 0 fully saturated rings. The number of nitrogens with one attached hydrogen (secondary N) is 1. The lowest BCUT2D eigenvalue weighted by atomic mass is 10.1. The van der Waals surface area contributed by atoms with Crippen molar-refractivity contribution in [3.63, 3.8) is 0 Å². The number of ether oxygens (including phenoxy) is 1.